The van der Waals surface area contributed by atoms with Gasteiger partial charge in [0.25, 0.3) is 0 Å². The fourth-order valence-corrected chi connectivity index (χ4v) is 2.60. The number of hydrogen-bond acceptors (Lipinski definition) is 5. The van der Waals surface area contributed by atoms with Crippen molar-refractivity contribution in [2.24, 2.45) is 5.92 Å². The number of carbonyl (C=O) groups excluding carboxylic acids is 1. The van der Waals surface area contributed by atoms with Gasteiger partial charge in [0, 0.05) is 25.8 Å². The number of methoxy groups -OCH3 is 1. The van der Waals surface area contributed by atoms with Gasteiger partial charge in [-0.05, 0) is 30.9 Å². The van der Waals surface area contributed by atoms with Crippen LogP contribution in [0, 0.1) is 5.92 Å². The van der Waals surface area contributed by atoms with E-state index in [2.05, 4.69) is 10.2 Å². The van der Waals surface area contributed by atoms with Gasteiger partial charge >= 0.3 is 5.97 Å². The Labute approximate surface area is 116 Å². The Morgan fingerprint density at radius 3 is 3.20 bits per heavy atom. The molecule has 20 heavy (non-hydrogen) atoms. The van der Waals surface area contributed by atoms with E-state index >= 15 is 0 Å². The van der Waals surface area contributed by atoms with Gasteiger partial charge in [-0.1, -0.05) is 0 Å². The summed E-state index contributed by atoms with van der Waals surface area (Å²) in [6.45, 7) is 1.62. The minimum absolute atomic E-state index is 0.393. The summed E-state index contributed by atoms with van der Waals surface area (Å²) in [5.74, 6) is 0.940. The molecule has 1 aliphatic rings. The van der Waals surface area contributed by atoms with Crippen molar-refractivity contribution in [1.82, 2.24) is 14.6 Å². The Kier molecular flexibility index (Phi) is 3.64. The van der Waals surface area contributed by atoms with Crippen LogP contribution in [0.2, 0.25) is 0 Å². The monoisotopic (exact) mass is 275 g/mol. The molecule has 2 aromatic rings. The van der Waals surface area contributed by atoms with Gasteiger partial charge < -0.3 is 9.47 Å². The molecule has 3 heterocycles. The predicted molar refractivity (Wildman–Crippen MR) is 71.6 cm³/mol. The van der Waals surface area contributed by atoms with E-state index in [1.54, 1.807) is 6.07 Å². The fraction of sp³-hybridized carbons (Fsp3) is 0.500. The standard InChI is InChI=1S/C14H17N3O3/c1-19-14(18)11-5-2-6-17-12(15-16-13(11)17)8-10-4-3-7-20-9-10/h2,5-6,10H,3-4,7-9H2,1H3. The minimum Gasteiger partial charge on any atom is -0.465 e. The Hall–Kier alpha value is -1.95. The summed E-state index contributed by atoms with van der Waals surface area (Å²) >= 11 is 0. The van der Waals surface area contributed by atoms with E-state index in [9.17, 15) is 4.79 Å². The minimum atomic E-state index is -0.393. The van der Waals surface area contributed by atoms with E-state index in [0.29, 0.717) is 17.1 Å². The van der Waals surface area contributed by atoms with Gasteiger partial charge in [0.05, 0.1) is 7.11 Å². The molecule has 1 saturated heterocycles. The third-order valence-corrected chi connectivity index (χ3v) is 3.64. The molecule has 0 bridgehead atoms. The normalized spacial score (nSPS) is 19.1. The lowest BCUT2D eigenvalue weighted by Gasteiger charge is -2.21. The van der Waals surface area contributed by atoms with Crippen molar-refractivity contribution in [2.75, 3.05) is 20.3 Å². The van der Waals surface area contributed by atoms with E-state index in [1.807, 2.05) is 16.7 Å². The third kappa shape index (κ3) is 2.38. The summed E-state index contributed by atoms with van der Waals surface area (Å²) in [6.07, 6.45) is 4.92. The molecule has 0 N–H and O–H groups in total. The molecule has 1 aliphatic heterocycles. The van der Waals surface area contributed by atoms with Gasteiger partial charge in [-0.2, -0.15) is 0 Å². The first-order valence-corrected chi connectivity index (χ1v) is 6.78. The summed E-state index contributed by atoms with van der Waals surface area (Å²) < 4.78 is 12.1. The second kappa shape index (κ2) is 5.58. The van der Waals surface area contributed by atoms with Crippen LogP contribution in [0.25, 0.3) is 5.65 Å². The maximum absolute atomic E-state index is 11.7. The van der Waals surface area contributed by atoms with Crippen LogP contribution in [0.1, 0.15) is 29.0 Å². The van der Waals surface area contributed by atoms with Crippen LogP contribution in [0.15, 0.2) is 18.3 Å². The van der Waals surface area contributed by atoms with Crippen molar-refractivity contribution in [3.05, 3.63) is 29.7 Å². The average Bonchev–Trinajstić information content (AvgIpc) is 2.91. The maximum atomic E-state index is 11.7. The molecule has 0 saturated carbocycles. The molecule has 0 radical (unpaired) electrons. The zero-order chi connectivity index (χ0) is 13.9. The van der Waals surface area contributed by atoms with Crippen LogP contribution in [-0.4, -0.2) is 40.9 Å². The lowest BCUT2D eigenvalue weighted by atomic mass is 9.98. The summed E-state index contributed by atoms with van der Waals surface area (Å²) in [5, 5.41) is 8.34. The van der Waals surface area contributed by atoms with E-state index < -0.39 is 5.97 Å². The molecule has 0 amide bonds. The molecule has 0 spiro atoms. The van der Waals surface area contributed by atoms with Crippen LogP contribution in [-0.2, 0) is 15.9 Å². The zero-order valence-corrected chi connectivity index (χ0v) is 11.4. The first-order valence-electron chi connectivity index (χ1n) is 6.78. The van der Waals surface area contributed by atoms with Crippen LogP contribution < -0.4 is 0 Å². The van der Waals surface area contributed by atoms with Gasteiger partial charge in [0.15, 0.2) is 5.65 Å². The average molecular weight is 275 g/mol. The van der Waals surface area contributed by atoms with Crippen molar-refractivity contribution >= 4 is 11.6 Å². The summed E-state index contributed by atoms with van der Waals surface area (Å²) in [5.41, 5.74) is 0.986. The highest BCUT2D eigenvalue weighted by atomic mass is 16.5. The molecule has 2 aromatic heterocycles. The predicted octanol–water partition coefficient (Wildman–Crippen LogP) is 1.48. The summed E-state index contributed by atoms with van der Waals surface area (Å²) in [6, 6.07) is 3.51. The number of carbonyl (C=O) groups is 1. The van der Waals surface area contributed by atoms with Gasteiger partial charge in [-0.3, -0.25) is 4.40 Å². The SMILES string of the molecule is COC(=O)c1cccn2c(CC3CCCOC3)nnc12. The molecular weight excluding hydrogens is 258 g/mol. The highest BCUT2D eigenvalue weighted by Gasteiger charge is 2.19. The number of aromatic nitrogens is 3. The van der Waals surface area contributed by atoms with Crippen LogP contribution >= 0.6 is 0 Å². The molecule has 6 nitrogen and oxygen atoms in total. The lowest BCUT2D eigenvalue weighted by molar-refractivity contribution is 0.0542. The molecule has 6 heteroatoms. The smallest absolute Gasteiger partial charge is 0.341 e. The number of nitrogens with zero attached hydrogens (tertiary/aromatic N) is 3. The largest absolute Gasteiger partial charge is 0.465 e. The molecule has 0 aromatic carbocycles. The van der Waals surface area contributed by atoms with Crippen molar-refractivity contribution in [1.29, 1.82) is 0 Å². The molecule has 3 rings (SSSR count). The topological polar surface area (TPSA) is 65.7 Å². The number of esters is 1. The van der Waals surface area contributed by atoms with Crippen molar-refractivity contribution in [2.45, 2.75) is 19.3 Å². The van der Waals surface area contributed by atoms with E-state index in [4.69, 9.17) is 9.47 Å². The van der Waals surface area contributed by atoms with Gasteiger partial charge in [0.1, 0.15) is 11.4 Å². The van der Waals surface area contributed by atoms with Crippen molar-refractivity contribution in [3.8, 4) is 0 Å². The Bertz CT molecular complexity index is 617. The van der Waals surface area contributed by atoms with Gasteiger partial charge in [-0.25, -0.2) is 4.79 Å². The Morgan fingerprint density at radius 2 is 2.45 bits per heavy atom. The third-order valence-electron chi connectivity index (χ3n) is 3.64. The molecule has 106 valence electrons. The molecule has 0 aliphatic carbocycles. The lowest BCUT2D eigenvalue weighted by Crippen LogP contribution is -2.20. The van der Waals surface area contributed by atoms with Crippen molar-refractivity contribution < 1.29 is 14.3 Å². The first-order chi connectivity index (χ1) is 9.79. The maximum Gasteiger partial charge on any atom is 0.341 e. The Balaban J connectivity index is 1.91. The van der Waals surface area contributed by atoms with E-state index in [1.165, 1.54) is 7.11 Å². The number of fused-ring (bicyclic) bond motifs is 1. The first kappa shape index (κ1) is 13.1. The van der Waals surface area contributed by atoms with E-state index in [0.717, 1.165) is 38.3 Å². The molecular formula is C14H17N3O3. The molecule has 1 fully saturated rings. The summed E-state index contributed by atoms with van der Waals surface area (Å²) in [7, 11) is 1.36. The number of rotatable bonds is 3. The van der Waals surface area contributed by atoms with Crippen LogP contribution in [0.4, 0.5) is 0 Å². The van der Waals surface area contributed by atoms with Crippen LogP contribution in [0.5, 0.6) is 0 Å². The second-order valence-corrected chi connectivity index (χ2v) is 5.01. The molecule has 1 atom stereocenters. The molecule has 1 unspecified atom stereocenters. The van der Waals surface area contributed by atoms with Gasteiger partial charge in [-0.15, -0.1) is 10.2 Å². The van der Waals surface area contributed by atoms with Crippen LogP contribution in [0.3, 0.4) is 0 Å². The fourth-order valence-electron chi connectivity index (χ4n) is 2.60. The van der Waals surface area contributed by atoms with E-state index in [-0.39, 0.29) is 0 Å². The van der Waals surface area contributed by atoms with Crippen molar-refractivity contribution in [3.63, 3.8) is 0 Å². The quantitative estimate of drug-likeness (QED) is 0.794. The summed E-state index contributed by atoms with van der Waals surface area (Å²) in [4.78, 5) is 11.7. The zero-order valence-electron chi connectivity index (χ0n) is 11.4. The number of ether oxygens (including phenoxy) is 2. The highest BCUT2D eigenvalue weighted by Crippen LogP contribution is 2.19. The van der Waals surface area contributed by atoms with Gasteiger partial charge in [0.2, 0.25) is 0 Å². The highest BCUT2D eigenvalue weighted by molar-refractivity contribution is 5.95. The Morgan fingerprint density at radius 1 is 1.55 bits per heavy atom. The number of pyridine rings is 1. The number of hydrogen-bond donors (Lipinski definition) is 0. The second-order valence-electron chi connectivity index (χ2n) is 5.01.